The Hall–Kier alpha value is -1.38. The van der Waals surface area contributed by atoms with Gasteiger partial charge in [-0.1, -0.05) is 0 Å². The van der Waals surface area contributed by atoms with Gasteiger partial charge in [0.05, 0.1) is 5.56 Å². The molecule has 1 aliphatic rings. The maximum Gasteiger partial charge on any atom is 0.273 e. The van der Waals surface area contributed by atoms with E-state index in [2.05, 4.69) is 10.0 Å². The number of amides is 1. The molecule has 0 aromatic carbocycles. The van der Waals surface area contributed by atoms with Gasteiger partial charge in [0.2, 0.25) is 5.09 Å². The predicted molar refractivity (Wildman–Crippen MR) is 73.1 cm³/mol. The summed E-state index contributed by atoms with van der Waals surface area (Å²) in [5, 5.41) is 2.95. The minimum atomic E-state index is -3.68. The van der Waals surface area contributed by atoms with Crippen LogP contribution in [0.5, 0.6) is 0 Å². The number of aryl methyl sites for hydroxylation is 1. The number of nitrogens with one attached hydrogen (secondary N) is 2. The number of rotatable bonds is 4. The van der Waals surface area contributed by atoms with E-state index in [0.29, 0.717) is 5.76 Å². The molecule has 0 aliphatic carbocycles. The zero-order valence-corrected chi connectivity index (χ0v) is 12.6. The summed E-state index contributed by atoms with van der Waals surface area (Å²) in [7, 11) is -0.660. The lowest BCUT2D eigenvalue weighted by Gasteiger charge is -2.23. The molecule has 1 saturated heterocycles. The molecule has 0 radical (unpaired) electrons. The molecule has 1 aromatic rings. The number of carbonyl (C=O) groups excluding carboxylic acids is 1. The molecule has 20 heavy (non-hydrogen) atoms. The van der Waals surface area contributed by atoms with Crippen LogP contribution in [0.1, 0.15) is 22.5 Å². The van der Waals surface area contributed by atoms with Crippen molar-refractivity contribution in [3.05, 3.63) is 17.4 Å². The number of likely N-dealkylation sites (N-methyl/N-ethyl adjacent to an activating group) is 1. The van der Waals surface area contributed by atoms with Crippen LogP contribution >= 0.6 is 0 Å². The van der Waals surface area contributed by atoms with Crippen LogP contribution in [-0.2, 0) is 10.0 Å². The third-order valence-electron chi connectivity index (χ3n) is 3.56. The van der Waals surface area contributed by atoms with Gasteiger partial charge in [-0.15, -0.1) is 0 Å². The summed E-state index contributed by atoms with van der Waals surface area (Å²) in [5.74, 6) is 0.0825. The Morgan fingerprint density at radius 2 is 2.25 bits per heavy atom. The van der Waals surface area contributed by atoms with Gasteiger partial charge in [0.25, 0.3) is 15.9 Å². The third-order valence-corrected chi connectivity index (χ3v) is 4.83. The van der Waals surface area contributed by atoms with Crippen LogP contribution in [0, 0.1) is 6.92 Å². The van der Waals surface area contributed by atoms with Crippen LogP contribution < -0.4 is 10.0 Å². The number of sulfonamides is 1. The monoisotopic (exact) mass is 301 g/mol. The first-order valence-corrected chi connectivity index (χ1v) is 7.87. The Balaban J connectivity index is 2.26. The summed E-state index contributed by atoms with van der Waals surface area (Å²) in [6, 6.07) is 1.41. The molecule has 0 bridgehead atoms. The Morgan fingerprint density at radius 3 is 2.80 bits per heavy atom. The van der Waals surface area contributed by atoms with Crippen LogP contribution in [0.15, 0.2) is 15.6 Å². The van der Waals surface area contributed by atoms with Gasteiger partial charge < -0.3 is 14.6 Å². The van der Waals surface area contributed by atoms with Crippen molar-refractivity contribution < 1.29 is 17.6 Å². The van der Waals surface area contributed by atoms with Crippen LogP contribution in [-0.4, -0.2) is 52.5 Å². The van der Waals surface area contributed by atoms with Crippen molar-refractivity contribution in [3.8, 4) is 0 Å². The summed E-state index contributed by atoms with van der Waals surface area (Å²) in [6.07, 6.45) is 0.890. The minimum Gasteiger partial charge on any atom is -0.448 e. The number of hydrogen-bond donors (Lipinski definition) is 2. The molecule has 0 saturated carbocycles. The lowest BCUT2D eigenvalue weighted by molar-refractivity contribution is 0.0742. The zero-order valence-electron chi connectivity index (χ0n) is 11.8. The van der Waals surface area contributed by atoms with Gasteiger partial charge in [0, 0.05) is 25.7 Å². The molecule has 1 atom stereocenters. The van der Waals surface area contributed by atoms with E-state index in [9.17, 15) is 13.2 Å². The number of furan rings is 1. The number of hydrogen-bond acceptors (Lipinski definition) is 5. The lowest BCUT2D eigenvalue weighted by Crippen LogP contribution is -2.38. The number of carbonyl (C=O) groups is 1. The standard InChI is InChI=1S/C12H19N3O4S/c1-8-10(6-11(19-8)20(17,18)13-2)12(16)15(3)9-4-5-14-7-9/h6,9,13-14H,4-5,7H2,1-3H3/t9-/m0/s1. The molecule has 2 heterocycles. The van der Waals surface area contributed by atoms with Crippen LogP contribution in [0.2, 0.25) is 0 Å². The van der Waals surface area contributed by atoms with Crippen molar-refractivity contribution in [3.63, 3.8) is 0 Å². The molecule has 1 amide bonds. The molecule has 7 nitrogen and oxygen atoms in total. The fraction of sp³-hybridized carbons (Fsp3) is 0.583. The number of nitrogens with zero attached hydrogens (tertiary/aromatic N) is 1. The molecule has 1 fully saturated rings. The fourth-order valence-corrected chi connectivity index (χ4v) is 2.93. The highest BCUT2D eigenvalue weighted by Gasteiger charge is 2.28. The molecule has 1 aromatic heterocycles. The van der Waals surface area contributed by atoms with E-state index in [0.717, 1.165) is 19.5 Å². The highest BCUT2D eigenvalue weighted by molar-refractivity contribution is 7.89. The van der Waals surface area contributed by atoms with Crippen molar-refractivity contribution in [2.24, 2.45) is 0 Å². The van der Waals surface area contributed by atoms with Crippen LogP contribution in [0.4, 0.5) is 0 Å². The van der Waals surface area contributed by atoms with Gasteiger partial charge in [0.15, 0.2) is 0 Å². The Kier molecular flexibility index (Phi) is 4.17. The van der Waals surface area contributed by atoms with E-state index in [4.69, 9.17) is 4.42 Å². The molecule has 0 unspecified atom stereocenters. The second-order valence-corrected chi connectivity index (χ2v) is 6.62. The molecular formula is C12H19N3O4S. The van der Waals surface area contributed by atoms with Crippen molar-refractivity contribution in [1.29, 1.82) is 0 Å². The summed E-state index contributed by atoms with van der Waals surface area (Å²) in [5.41, 5.74) is 0.285. The van der Waals surface area contributed by atoms with Gasteiger partial charge in [-0.3, -0.25) is 4.79 Å². The average Bonchev–Trinajstić information content (AvgIpc) is 3.06. The first-order chi connectivity index (χ1) is 9.36. The van der Waals surface area contributed by atoms with Crippen LogP contribution in [0.25, 0.3) is 0 Å². The maximum absolute atomic E-state index is 12.4. The summed E-state index contributed by atoms with van der Waals surface area (Å²) in [4.78, 5) is 14.0. The molecule has 2 rings (SSSR count). The summed E-state index contributed by atoms with van der Waals surface area (Å²) < 4.78 is 30.7. The van der Waals surface area contributed by atoms with Gasteiger partial charge in [-0.05, 0) is 26.9 Å². The molecule has 8 heteroatoms. The minimum absolute atomic E-state index is 0.126. The third kappa shape index (κ3) is 2.72. The van der Waals surface area contributed by atoms with Gasteiger partial charge in [-0.2, -0.15) is 0 Å². The summed E-state index contributed by atoms with van der Waals surface area (Å²) in [6.45, 7) is 3.22. The second kappa shape index (κ2) is 5.55. The van der Waals surface area contributed by atoms with Gasteiger partial charge in [-0.25, -0.2) is 13.1 Å². The Bertz CT molecular complexity index is 602. The highest BCUT2D eigenvalue weighted by atomic mass is 32.2. The smallest absolute Gasteiger partial charge is 0.273 e. The SMILES string of the molecule is CNS(=O)(=O)c1cc(C(=O)N(C)[C@H]2CCNC2)c(C)o1. The van der Waals surface area contributed by atoms with E-state index < -0.39 is 10.0 Å². The van der Waals surface area contributed by atoms with E-state index in [1.165, 1.54) is 13.1 Å². The second-order valence-electron chi connectivity index (χ2n) is 4.81. The van der Waals surface area contributed by atoms with Gasteiger partial charge >= 0.3 is 0 Å². The Morgan fingerprint density at radius 1 is 1.55 bits per heavy atom. The van der Waals surface area contributed by atoms with E-state index in [1.54, 1.807) is 18.9 Å². The average molecular weight is 301 g/mol. The lowest BCUT2D eigenvalue weighted by atomic mass is 10.2. The molecular weight excluding hydrogens is 282 g/mol. The summed E-state index contributed by atoms with van der Waals surface area (Å²) >= 11 is 0. The van der Waals surface area contributed by atoms with E-state index in [-0.39, 0.29) is 22.6 Å². The van der Waals surface area contributed by atoms with Crippen molar-refractivity contribution in [1.82, 2.24) is 14.9 Å². The fourth-order valence-electron chi connectivity index (χ4n) is 2.23. The zero-order chi connectivity index (χ0) is 14.9. The van der Waals surface area contributed by atoms with Crippen molar-refractivity contribution in [2.45, 2.75) is 24.5 Å². The van der Waals surface area contributed by atoms with E-state index >= 15 is 0 Å². The highest BCUT2D eigenvalue weighted by Crippen LogP contribution is 2.21. The van der Waals surface area contributed by atoms with Crippen molar-refractivity contribution in [2.75, 3.05) is 27.2 Å². The quantitative estimate of drug-likeness (QED) is 0.812. The first kappa shape index (κ1) is 15.0. The molecule has 1 aliphatic heterocycles. The first-order valence-electron chi connectivity index (χ1n) is 6.38. The predicted octanol–water partition coefficient (Wildman–Crippen LogP) is -0.0700. The molecule has 112 valence electrons. The van der Waals surface area contributed by atoms with Crippen molar-refractivity contribution >= 4 is 15.9 Å². The van der Waals surface area contributed by atoms with Crippen LogP contribution in [0.3, 0.4) is 0 Å². The molecule has 0 spiro atoms. The largest absolute Gasteiger partial charge is 0.448 e. The van der Waals surface area contributed by atoms with E-state index in [1.807, 2.05) is 0 Å². The maximum atomic E-state index is 12.4. The normalized spacial score (nSPS) is 19.2. The molecule has 2 N–H and O–H groups in total. The topological polar surface area (TPSA) is 91.7 Å². The van der Waals surface area contributed by atoms with Gasteiger partial charge in [0.1, 0.15) is 5.76 Å². The Labute approximate surface area is 118 Å².